The van der Waals surface area contributed by atoms with Gasteiger partial charge in [-0.2, -0.15) is 0 Å². The van der Waals surface area contributed by atoms with Gasteiger partial charge in [-0.25, -0.2) is 0 Å². The summed E-state index contributed by atoms with van der Waals surface area (Å²) >= 11 is 0. The third-order valence-electron chi connectivity index (χ3n) is 1.63. The number of pyridine rings is 1. The normalized spacial score (nSPS) is 13.4. The minimum absolute atomic E-state index is 0.148. The van der Waals surface area contributed by atoms with Gasteiger partial charge >= 0.3 is 0 Å². The van der Waals surface area contributed by atoms with E-state index in [4.69, 9.17) is 5.73 Å². The predicted octanol–water partition coefficient (Wildman–Crippen LogP) is 1.54. The van der Waals surface area contributed by atoms with Gasteiger partial charge in [0.2, 0.25) is 0 Å². The number of aromatic hydroxyl groups is 1. The third kappa shape index (κ3) is 3.25. The number of aromatic nitrogens is 1. The van der Waals surface area contributed by atoms with E-state index in [2.05, 4.69) is 4.98 Å². The van der Waals surface area contributed by atoms with Gasteiger partial charge in [0.05, 0.1) is 0 Å². The summed E-state index contributed by atoms with van der Waals surface area (Å²) in [5.41, 5.74) is 6.29. The highest BCUT2D eigenvalue weighted by Gasteiger charge is 1.94. The van der Waals surface area contributed by atoms with Crippen LogP contribution in [0.4, 0.5) is 0 Å². The van der Waals surface area contributed by atoms with Crippen molar-refractivity contribution in [1.82, 2.24) is 4.98 Å². The van der Waals surface area contributed by atoms with Gasteiger partial charge in [-0.1, -0.05) is 12.2 Å². The molecule has 13 heavy (non-hydrogen) atoms. The Kier molecular flexibility index (Phi) is 3.46. The highest BCUT2D eigenvalue weighted by molar-refractivity contribution is 5.55. The Balaban J connectivity index is 2.63. The molecule has 0 unspecified atom stereocenters. The molecule has 0 aliphatic rings. The molecule has 1 aromatic heterocycles. The van der Waals surface area contributed by atoms with Crippen LogP contribution >= 0.6 is 0 Å². The fourth-order valence-corrected chi connectivity index (χ4v) is 0.937. The third-order valence-corrected chi connectivity index (χ3v) is 1.63. The second-order valence-electron chi connectivity index (χ2n) is 3.05. The molecule has 0 saturated carbocycles. The van der Waals surface area contributed by atoms with Crippen LogP contribution < -0.4 is 5.73 Å². The SMILES string of the molecule is C[C@@H](N)C/C=C/c1cnccc1O. The maximum Gasteiger partial charge on any atom is 0.125 e. The average molecular weight is 178 g/mol. The van der Waals surface area contributed by atoms with E-state index in [-0.39, 0.29) is 11.8 Å². The van der Waals surface area contributed by atoms with Gasteiger partial charge in [0.25, 0.3) is 0 Å². The molecule has 0 bridgehead atoms. The number of nitrogens with zero attached hydrogens (tertiary/aromatic N) is 1. The van der Waals surface area contributed by atoms with Gasteiger partial charge < -0.3 is 10.8 Å². The van der Waals surface area contributed by atoms with E-state index in [1.807, 2.05) is 19.1 Å². The van der Waals surface area contributed by atoms with Crippen LogP contribution in [0.15, 0.2) is 24.5 Å². The first-order chi connectivity index (χ1) is 6.20. The average Bonchev–Trinajstić information content (AvgIpc) is 2.08. The standard InChI is InChI=1S/C10H14N2O/c1-8(11)3-2-4-9-7-12-6-5-10(9)13/h2,4-8H,3,11H2,1H3,(H,12,13)/b4-2+/t8-/m1/s1. The summed E-state index contributed by atoms with van der Waals surface area (Å²) in [6.07, 6.45) is 7.73. The molecule has 0 aromatic carbocycles. The predicted molar refractivity (Wildman–Crippen MR) is 53.2 cm³/mol. The van der Waals surface area contributed by atoms with Crippen molar-refractivity contribution in [2.75, 3.05) is 0 Å². The zero-order valence-electron chi connectivity index (χ0n) is 7.64. The van der Waals surface area contributed by atoms with E-state index in [0.717, 1.165) is 12.0 Å². The van der Waals surface area contributed by atoms with Crippen molar-refractivity contribution >= 4 is 6.08 Å². The highest BCUT2D eigenvalue weighted by Crippen LogP contribution is 2.15. The van der Waals surface area contributed by atoms with E-state index in [1.165, 1.54) is 0 Å². The summed E-state index contributed by atoms with van der Waals surface area (Å²) < 4.78 is 0. The van der Waals surface area contributed by atoms with Gasteiger partial charge in [0, 0.05) is 24.0 Å². The summed E-state index contributed by atoms with van der Waals surface area (Å²) in [7, 11) is 0. The lowest BCUT2D eigenvalue weighted by Crippen LogP contribution is -2.12. The molecule has 0 radical (unpaired) electrons. The first-order valence-electron chi connectivity index (χ1n) is 4.25. The Labute approximate surface area is 77.9 Å². The van der Waals surface area contributed by atoms with Gasteiger partial charge in [-0.15, -0.1) is 0 Å². The van der Waals surface area contributed by atoms with Crippen LogP contribution in [0.3, 0.4) is 0 Å². The number of hydrogen-bond donors (Lipinski definition) is 2. The monoisotopic (exact) mass is 178 g/mol. The van der Waals surface area contributed by atoms with Crippen molar-refractivity contribution in [3.05, 3.63) is 30.1 Å². The molecule has 0 fully saturated rings. The van der Waals surface area contributed by atoms with Crippen molar-refractivity contribution in [1.29, 1.82) is 0 Å². The van der Waals surface area contributed by atoms with Crippen LogP contribution in [0.5, 0.6) is 5.75 Å². The second-order valence-corrected chi connectivity index (χ2v) is 3.05. The molecule has 70 valence electrons. The van der Waals surface area contributed by atoms with E-state index >= 15 is 0 Å². The van der Waals surface area contributed by atoms with Crippen LogP contribution in [-0.4, -0.2) is 16.1 Å². The van der Waals surface area contributed by atoms with Crippen LogP contribution in [0.25, 0.3) is 6.08 Å². The first-order valence-corrected chi connectivity index (χ1v) is 4.25. The minimum Gasteiger partial charge on any atom is -0.507 e. The van der Waals surface area contributed by atoms with Gasteiger partial charge in [0.1, 0.15) is 5.75 Å². The van der Waals surface area contributed by atoms with Crippen molar-refractivity contribution < 1.29 is 5.11 Å². The zero-order chi connectivity index (χ0) is 9.68. The Morgan fingerprint density at radius 3 is 3.08 bits per heavy atom. The van der Waals surface area contributed by atoms with E-state index < -0.39 is 0 Å². The van der Waals surface area contributed by atoms with E-state index in [1.54, 1.807) is 18.5 Å². The molecule has 0 aliphatic heterocycles. The van der Waals surface area contributed by atoms with Crippen LogP contribution in [0.2, 0.25) is 0 Å². The van der Waals surface area contributed by atoms with Crippen molar-refractivity contribution in [2.24, 2.45) is 5.73 Å². The summed E-state index contributed by atoms with van der Waals surface area (Å²) in [5.74, 6) is 0.246. The molecular formula is C10H14N2O. The molecule has 3 heteroatoms. The lowest BCUT2D eigenvalue weighted by molar-refractivity contribution is 0.473. The number of rotatable bonds is 3. The van der Waals surface area contributed by atoms with Crippen molar-refractivity contribution in [3.63, 3.8) is 0 Å². The smallest absolute Gasteiger partial charge is 0.125 e. The first kappa shape index (κ1) is 9.74. The Bertz CT molecular complexity index is 295. The lowest BCUT2D eigenvalue weighted by atomic mass is 10.2. The lowest BCUT2D eigenvalue weighted by Gasteiger charge is -1.99. The fourth-order valence-electron chi connectivity index (χ4n) is 0.937. The zero-order valence-corrected chi connectivity index (χ0v) is 7.64. The largest absolute Gasteiger partial charge is 0.507 e. The molecule has 1 atom stereocenters. The summed E-state index contributed by atoms with van der Waals surface area (Å²) in [5, 5.41) is 9.35. The molecule has 1 heterocycles. The van der Waals surface area contributed by atoms with E-state index in [0.29, 0.717) is 0 Å². The number of hydrogen-bond acceptors (Lipinski definition) is 3. The second kappa shape index (κ2) is 4.62. The molecule has 3 nitrogen and oxygen atoms in total. The molecule has 1 aromatic rings. The van der Waals surface area contributed by atoms with Gasteiger partial charge in [-0.05, 0) is 19.4 Å². The minimum atomic E-state index is 0.148. The van der Waals surface area contributed by atoms with Crippen LogP contribution in [-0.2, 0) is 0 Å². The van der Waals surface area contributed by atoms with Crippen LogP contribution in [0, 0.1) is 0 Å². The summed E-state index contributed by atoms with van der Waals surface area (Å²) in [6.45, 7) is 1.94. The fraction of sp³-hybridized carbons (Fsp3) is 0.300. The van der Waals surface area contributed by atoms with Crippen molar-refractivity contribution in [2.45, 2.75) is 19.4 Å². The molecule has 0 saturated heterocycles. The van der Waals surface area contributed by atoms with Gasteiger partial charge in [-0.3, -0.25) is 4.98 Å². The quantitative estimate of drug-likeness (QED) is 0.738. The van der Waals surface area contributed by atoms with Crippen LogP contribution in [0.1, 0.15) is 18.9 Å². The Morgan fingerprint density at radius 1 is 1.69 bits per heavy atom. The maximum atomic E-state index is 9.35. The number of nitrogens with two attached hydrogens (primary N) is 1. The molecule has 1 rings (SSSR count). The Morgan fingerprint density at radius 2 is 2.46 bits per heavy atom. The Hall–Kier alpha value is -1.35. The molecular weight excluding hydrogens is 164 g/mol. The van der Waals surface area contributed by atoms with Gasteiger partial charge in [0.15, 0.2) is 0 Å². The highest BCUT2D eigenvalue weighted by atomic mass is 16.3. The molecule has 0 spiro atoms. The maximum absolute atomic E-state index is 9.35. The summed E-state index contributed by atoms with van der Waals surface area (Å²) in [4.78, 5) is 3.90. The topological polar surface area (TPSA) is 59.1 Å². The molecule has 0 aliphatic carbocycles. The van der Waals surface area contributed by atoms with E-state index in [9.17, 15) is 5.11 Å². The molecule has 0 amide bonds. The molecule has 3 N–H and O–H groups in total. The van der Waals surface area contributed by atoms with Crippen molar-refractivity contribution in [3.8, 4) is 5.75 Å². The summed E-state index contributed by atoms with van der Waals surface area (Å²) in [6, 6.07) is 1.71.